The highest BCUT2D eigenvalue weighted by Crippen LogP contribution is 2.21. The van der Waals surface area contributed by atoms with Gasteiger partial charge in [-0.05, 0) is 24.8 Å². The van der Waals surface area contributed by atoms with Crippen LogP contribution in [0.4, 0.5) is 5.69 Å². The molecule has 1 aromatic rings. The van der Waals surface area contributed by atoms with Crippen LogP contribution in [0.5, 0.6) is 0 Å². The van der Waals surface area contributed by atoms with Gasteiger partial charge in [-0.2, -0.15) is 17.0 Å². The Morgan fingerprint density at radius 3 is 2.94 bits per heavy atom. The highest BCUT2D eigenvalue weighted by atomic mass is 32.2. The van der Waals surface area contributed by atoms with Crippen LogP contribution in [0.3, 0.4) is 0 Å². The van der Waals surface area contributed by atoms with Gasteiger partial charge >= 0.3 is 0 Å². The number of hydrogen-bond acceptors (Lipinski definition) is 4. The molecule has 1 heterocycles. The van der Waals surface area contributed by atoms with Crippen molar-refractivity contribution in [3.8, 4) is 6.07 Å². The van der Waals surface area contributed by atoms with Crippen molar-refractivity contribution in [1.82, 2.24) is 4.98 Å². The minimum Gasteiger partial charge on any atom is -0.368 e. The van der Waals surface area contributed by atoms with Crippen molar-refractivity contribution in [1.29, 1.82) is 5.26 Å². The number of aromatic nitrogens is 1. The van der Waals surface area contributed by atoms with Crippen molar-refractivity contribution in [2.24, 2.45) is 0 Å². The molecule has 1 aromatic heterocycles. The molecule has 0 aliphatic heterocycles. The van der Waals surface area contributed by atoms with Crippen LogP contribution >= 0.6 is 11.8 Å². The average Bonchev–Trinajstić information content (AvgIpc) is 2.35. The molecule has 1 unspecified atom stereocenters. The van der Waals surface area contributed by atoms with Crippen LogP contribution in [0.1, 0.15) is 19.0 Å². The van der Waals surface area contributed by atoms with Gasteiger partial charge in [0.15, 0.2) is 5.69 Å². The van der Waals surface area contributed by atoms with Gasteiger partial charge in [-0.1, -0.05) is 6.92 Å². The molecule has 0 spiro atoms. The van der Waals surface area contributed by atoms with E-state index in [1.54, 1.807) is 6.20 Å². The van der Waals surface area contributed by atoms with Gasteiger partial charge in [0.1, 0.15) is 6.07 Å². The molecule has 0 aliphatic rings. The number of thioether (sulfide) groups is 1. The molecule has 3 nitrogen and oxygen atoms in total. The molecule has 4 heteroatoms. The summed E-state index contributed by atoms with van der Waals surface area (Å²) >= 11 is 1.83. The zero-order valence-corrected chi connectivity index (χ0v) is 10.8. The zero-order chi connectivity index (χ0) is 12.0. The SMILES string of the molecule is CCC(CSC)N(C)c1cccnc1C#N. The highest BCUT2D eigenvalue weighted by molar-refractivity contribution is 7.98. The molecule has 1 atom stereocenters. The number of hydrogen-bond donors (Lipinski definition) is 0. The van der Waals surface area contributed by atoms with Crippen molar-refractivity contribution < 1.29 is 0 Å². The lowest BCUT2D eigenvalue weighted by Gasteiger charge is -2.29. The van der Waals surface area contributed by atoms with E-state index in [0.717, 1.165) is 17.9 Å². The maximum Gasteiger partial charge on any atom is 0.163 e. The average molecular weight is 235 g/mol. The number of anilines is 1. The van der Waals surface area contributed by atoms with E-state index in [9.17, 15) is 0 Å². The summed E-state index contributed by atoms with van der Waals surface area (Å²) in [6.45, 7) is 2.17. The Morgan fingerprint density at radius 2 is 2.38 bits per heavy atom. The van der Waals surface area contributed by atoms with E-state index < -0.39 is 0 Å². The van der Waals surface area contributed by atoms with Crippen LogP contribution in [0, 0.1) is 11.3 Å². The molecular weight excluding hydrogens is 218 g/mol. The second-order valence-electron chi connectivity index (χ2n) is 3.61. The van der Waals surface area contributed by atoms with Crippen molar-refractivity contribution in [3.63, 3.8) is 0 Å². The van der Waals surface area contributed by atoms with Crippen LogP contribution < -0.4 is 4.90 Å². The Morgan fingerprint density at radius 1 is 1.62 bits per heavy atom. The van der Waals surface area contributed by atoms with Gasteiger partial charge in [0.2, 0.25) is 0 Å². The molecule has 1 rings (SSSR count). The smallest absolute Gasteiger partial charge is 0.163 e. The fraction of sp³-hybridized carbons (Fsp3) is 0.500. The molecule has 16 heavy (non-hydrogen) atoms. The summed E-state index contributed by atoms with van der Waals surface area (Å²) in [4.78, 5) is 6.24. The van der Waals surface area contributed by atoms with E-state index in [-0.39, 0.29) is 0 Å². The van der Waals surface area contributed by atoms with Gasteiger partial charge in [-0.25, -0.2) is 4.98 Å². The maximum absolute atomic E-state index is 9.01. The van der Waals surface area contributed by atoms with Gasteiger partial charge in [0, 0.05) is 25.0 Å². The largest absolute Gasteiger partial charge is 0.368 e. The van der Waals surface area contributed by atoms with E-state index in [0.29, 0.717) is 11.7 Å². The van der Waals surface area contributed by atoms with E-state index in [1.807, 2.05) is 30.9 Å². The number of nitriles is 1. The normalized spacial score (nSPS) is 11.9. The molecule has 0 radical (unpaired) electrons. The quantitative estimate of drug-likeness (QED) is 0.786. The van der Waals surface area contributed by atoms with Gasteiger partial charge in [0.05, 0.1) is 5.69 Å². The van der Waals surface area contributed by atoms with Crippen LogP contribution in [0.15, 0.2) is 18.3 Å². The van der Waals surface area contributed by atoms with Crippen LogP contribution in [0.2, 0.25) is 0 Å². The van der Waals surface area contributed by atoms with E-state index in [1.165, 1.54) is 0 Å². The second kappa shape index (κ2) is 6.39. The lowest BCUT2D eigenvalue weighted by atomic mass is 10.2. The lowest BCUT2D eigenvalue weighted by molar-refractivity contribution is 0.671. The second-order valence-corrected chi connectivity index (χ2v) is 4.52. The minimum absolute atomic E-state index is 0.450. The highest BCUT2D eigenvalue weighted by Gasteiger charge is 2.15. The fourth-order valence-corrected chi connectivity index (χ4v) is 2.50. The molecule has 0 fully saturated rings. The molecule has 0 aliphatic carbocycles. The molecular formula is C12H17N3S. The Labute approximate surface area is 101 Å². The molecule has 86 valence electrons. The van der Waals surface area contributed by atoms with Crippen LogP contribution in [-0.2, 0) is 0 Å². The maximum atomic E-state index is 9.01. The molecule has 0 N–H and O–H groups in total. The van der Waals surface area contributed by atoms with E-state index in [2.05, 4.69) is 29.1 Å². The first-order valence-corrected chi connectivity index (χ1v) is 6.70. The summed E-state index contributed by atoms with van der Waals surface area (Å²) < 4.78 is 0. The van der Waals surface area contributed by atoms with Crippen LogP contribution in [0.25, 0.3) is 0 Å². The summed E-state index contributed by atoms with van der Waals surface area (Å²) in [6.07, 6.45) is 4.83. The van der Waals surface area contributed by atoms with Gasteiger partial charge in [-0.3, -0.25) is 0 Å². The summed E-state index contributed by atoms with van der Waals surface area (Å²) in [5.41, 5.74) is 1.43. The van der Waals surface area contributed by atoms with E-state index in [4.69, 9.17) is 5.26 Å². The fourth-order valence-electron chi connectivity index (χ4n) is 1.66. The van der Waals surface area contributed by atoms with Crippen molar-refractivity contribution in [2.75, 3.05) is 24.0 Å². The molecule has 0 amide bonds. The van der Waals surface area contributed by atoms with Crippen molar-refractivity contribution in [3.05, 3.63) is 24.0 Å². The monoisotopic (exact) mass is 235 g/mol. The molecule has 0 aromatic carbocycles. The molecule has 0 saturated heterocycles. The summed E-state index contributed by atoms with van der Waals surface area (Å²) in [5, 5.41) is 9.01. The molecule has 0 bridgehead atoms. The van der Waals surface area contributed by atoms with Gasteiger partial charge < -0.3 is 4.90 Å². The van der Waals surface area contributed by atoms with Crippen molar-refractivity contribution in [2.45, 2.75) is 19.4 Å². The predicted molar refractivity (Wildman–Crippen MR) is 69.8 cm³/mol. The topological polar surface area (TPSA) is 39.9 Å². The first kappa shape index (κ1) is 12.9. The van der Waals surface area contributed by atoms with E-state index >= 15 is 0 Å². The third-order valence-corrected chi connectivity index (χ3v) is 3.37. The summed E-state index contributed by atoms with van der Waals surface area (Å²) in [6, 6.07) is 6.41. The first-order chi connectivity index (χ1) is 7.74. The lowest BCUT2D eigenvalue weighted by Crippen LogP contribution is -2.33. The third kappa shape index (κ3) is 2.89. The Kier molecular flexibility index (Phi) is 5.13. The summed E-state index contributed by atoms with van der Waals surface area (Å²) in [7, 11) is 2.03. The van der Waals surface area contributed by atoms with Crippen LogP contribution in [-0.4, -0.2) is 30.1 Å². The minimum atomic E-state index is 0.450. The summed E-state index contributed by atoms with van der Waals surface area (Å²) in [5.74, 6) is 1.06. The Balaban J connectivity index is 2.94. The standard InChI is InChI=1S/C12H17N3S/c1-4-10(9-16-3)15(2)12-6-5-7-14-11(12)8-13/h5-7,10H,4,9H2,1-3H3. The number of pyridine rings is 1. The van der Waals surface area contributed by atoms with Crippen molar-refractivity contribution >= 4 is 17.4 Å². The number of nitrogens with zero attached hydrogens (tertiary/aromatic N) is 3. The zero-order valence-electron chi connectivity index (χ0n) is 9.97. The number of rotatable bonds is 5. The Hall–Kier alpha value is -1.21. The van der Waals surface area contributed by atoms with Gasteiger partial charge in [-0.15, -0.1) is 0 Å². The first-order valence-electron chi connectivity index (χ1n) is 5.31. The van der Waals surface area contributed by atoms with Gasteiger partial charge in [0.25, 0.3) is 0 Å². The Bertz CT molecular complexity index is 373. The molecule has 0 saturated carbocycles. The third-order valence-electron chi connectivity index (χ3n) is 2.65. The predicted octanol–water partition coefficient (Wildman–Crippen LogP) is 2.53.